The summed E-state index contributed by atoms with van der Waals surface area (Å²) < 4.78 is 15.0. The molecule has 0 saturated carbocycles. The number of rotatable bonds is 3. The third kappa shape index (κ3) is 2.27. The van der Waals surface area contributed by atoms with Gasteiger partial charge in [0.25, 0.3) is 0 Å². The van der Waals surface area contributed by atoms with Crippen molar-refractivity contribution >= 4 is 15.9 Å². The van der Waals surface area contributed by atoms with Gasteiger partial charge in [0.2, 0.25) is 0 Å². The maximum Gasteiger partial charge on any atom is 0.129 e. The molecule has 1 aromatic heterocycles. The molecule has 4 heteroatoms. The fourth-order valence-corrected chi connectivity index (χ4v) is 3.71. The number of fused-ring (bicyclic) bond motifs is 1. The van der Waals surface area contributed by atoms with Gasteiger partial charge in [0.05, 0.1) is 0 Å². The number of aromatic nitrogens is 1. The van der Waals surface area contributed by atoms with Crippen molar-refractivity contribution in [3.05, 3.63) is 63.6 Å². The van der Waals surface area contributed by atoms with E-state index < -0.39 is 0 Å². The second-order valence-corrected chi connectivity index (χ2v) is 5.95. The molecule has 0 bridgehead atoms. The summed E-state index contributed by atoms with van der Waals surface area (Å²) in [6.45, 7) is 0. The topological polar surface area (TPSA) is 24.9 Å². The van der Waals surface area contributed by atoms with E-state index >= 15 is 0 Å². The van der Waals surface area contributed by atoms with Crippen molar-refractivity contribution in [2.75, 3.05) is 7.05 Å². The molecule has 1 heterocycles. The average Bonchev–Trinajstić information content (AvgIpc) is 2.87. The molecule has 0 saturated heterocycles. The van der Waals surface area contributed by atoms with Gasteiger partial charge in [-0.05, 0) is 43.7 Å². The molecule has 0 fully saturated rings. The standard InChI is InChI=1S/C16H16BrFN2/c1-19-16(14-12(17)5-2-6-13(14)18)11-8-7-10-4-3-9-20-15(10)11/h2-6,9,11,16,19H,7-8H2,1H3. The van der Waals surface area contributed by atoms with Crippen molar-refractivity contribution in [1.29, 1.82) is 0 Å². The Labute approximate surface area is 126 Å². The van der Waals surface area contributed by atoms with E-state index in [0.29, 0.717) is 5.56 Å². The third-order valence-electron chi connectivity index (χ3n) is 4.03. The van der Waals surface area contributed by atoms with E-state index in [0.717, 1.165) is 23.0 Å². The Bertz CT molecular complexity index is 609. The van der Waals surface area contributed by atoms with Gasteiger partial charge < -0.3 is 5.32 Å². The molecule has 1 aromatic carbocycles. The largest absolute Gasteiger partial charge is 0.312 e. The zero-order valence-corrected chi connectivity index (χ0v) is 12.8. The number of benzene rings is 1. The van der Waals surface area contributed by atoms with Crippen molar-refractivity contribution in [2.24, 2.45) is 0 Å². The Hall–Kier alpha value is -1.26. The molecule has 2 atom stereocenters. The minimum absolute atomic E-state index is 0.0678. The lowest BCUT2D eigenvalue weighted by molar-refractivity contribution is 0.447. The smallest absolute Gasteiger partial charge is 0.129 e. The number of hydrogen-bond donors (Lipinski definition) is 1. The van der Waals surface area contributed by atoms with Crippen molar-refractivity contribution in [3.8, 4) is 0 Å². The van der Waals surface area contributed by atoms with Crippen LogP contribution in [0, 0.1) is 5.82 Å². The lowest BCUT2D eigenvalue weighted by Gasteiger charge is -2.25. The van der Waals surface area contributed by atoms with Crippen LogP contribution < -0.4 is 5.32 Å². The predicted octanol–water partition coefficient (Wildman–Crippen LogP) is 3.97. The number of hydrogen-bond acceptors (Lipinski definition) is 2. The fraction of sp³-hybridized carbons (Fsp3) is 0.312. The van der Waals surface area contributed by atoms with E-state index in [9.17, 15) is 4.39 Å². The van der Waals surface area contributed by atoms with Crippen LogP contribution in [0.3, 0.4) is 0 Å². The van der Waals surface area contributed by atoms with Crippen molar-refractivity contribution in [3.63, 3.8) is 0 Å². The second kappa shape index (κ2) is 5.62. The van der Waals surface area contributed by atoms with Gasteiger partial charge in [-0.1, -0.05) is 28.1 Å². The molecule has 104 valence electrons. The van der Waals surface area contributed by atoms with Crippen LogP contribution in [0.2, 0.25) is 0 Å². The third-order valence-corrected chi connectivity index (χ3v) is 4.72. The van der Waals surface area contributed by atoms with Gasteiger partial charge in [-0.25, -0.2) is 4.39 Å². The predicted molar refractivity (Wildman–Crippen MR) is 81.2 cm³/mol. The number of nitrogens with zero attached hydrogens (tertiary/aromatic N) is 1. The number of likely N-dealkylation sites (N-methyl/N-ethyl adjacent to an activating group) is 1. The molecule has 20 heavy (non-hydrogen) atoms. The van der Waals surface area contributed by atoms with Gasteiger partial charge in [0.15, 0.2) is 0 Å². The highest BCUT2D eigenvalue weighted by atomic mass is 79.9. The lowest BCUT2D eigenvalue weighted by atomic mass is 9.90. The van der Waals surface area contributed by atoms with Gasteiger partial charge in [-0.3, -0.25) is 4.98 Å². The van der Waals surface area contributed by atoms with E-state index in [1.54, 1.807) is 6.07 Å². The molecule has 2 unspecified atom stereocenters. The Morgan fingerprint density at radius 2 is 2.20 bits per heavy atom. The zero-order valence-electron chi connectivity index (χ0n) is 11.2. The van der Waals surface area contributed by atoms with Gasteiger partial charge in [0, 0.05) is 33.9 Å². The minimum Gasteiger partial charge on any atom is -0.312 e. The van der Waals surface area contributed by atoms with E-state index in [1.807, 2.05) is 25.4 Å². The molecule has 1 aliphatic carbocycles. The first-order chi connectivity index (χ1) is 9.72. The van der Waals surface area contributed by atoms with Crippen LogP contribution in [0.4, 0.5) is 4.39 Å². The molecule has 2 aromatic rings. The second-order valence-electron chi connectivity index (χ2n) is 5.09. The summed E-state index contributed by atoms with van der Waals surface area (Å²) in [5.74, 6) is 0.0347. The summed E-state index contributed by atoms with van der Waals surface area (Å²) in [7, 11) is 1.88. The molecule has 1 N–H and O–H groups in total. The Balaban J connectivity index is 2.04. The first-order valence-electron chi connectivity index (χ1n) is 6.77. The van der Waals surface area contributed by atoms with Crippen molar-refractivity contribution < 1.29 is 4.39 Å². The molecule has 0 radical (unpaired) electrons. The van der Waals surface area contributed by atoms with E-state index in [-0.39, 0.29) is 17.8 Å². The van der Waals surface area contributed by atoms with Crippen LogP contribution in [0.25, 0.3) is 0 Å². The average molecular weight is 335 g/mol. The quantitative estimate of drug-likeness (QED) is 0.918. The van der Waals surface area contributed by atoms with Crippen LogP contribution in [-0.4, -0.2) is 12.0 Å². The first-order valence-corrected chi connectivity index (χ1v) is 7.56. The first kappa shape index (κ1) is 13.7. The Kier molecular flexibility index (Phi) is 3.85. The van der Waals surface area contributed by atoms with Crippen molar-refractivity contribution in [1.82, 2.24) is 10.3 Å². The summed E-state index contributed by atoms with van der Waals surface area (Å²) in [5.41, 5.74) is 3.07. The summed E-state index contributed by atoms with van der Waals surface area (Å²) in [4.78, 5) is 4.52. The van der Waals surface area contributed by atoms with E-state index in [2.05, 4.69) is 32.3 Å². The number of pyridine rings is 1. The van der Waals surface area contributed by atoms with Gasteiger partial charge in [-0.15, -0.1) is 0 Å². The van der Waals surface area contributed by atoms with Crippen LogP contribution in [0.5, 0.6) is 0 Å². The summed E-state index contributed by atoms with van der Waals surface area (Å²) in [6.07, 6.45) is 3.83. The van der Waals surface area contributed by atoms with Crippen LogP contribution >= 0.6 is 15.9 Å². The van der Waals surface area contributed by atoms with Crippen molar-refractivity contribution in [2.45, 2.75) is 24.8 Å². The van der Waals surface area contributed by atoms with E-state index in [1.165, 1.54) is 11.6 Å². The number of nitrogens with one attached hydrogen (secondary N) is 1. The lowest BCUT2D eigenvalue weighted by Crippen LogP contribution is -2.24. The maximum atomic E-state index is 14.2. The molecule has 3 rings (SSSR count). The monoisotopic (exact) mass is 334 g/mol. The Morgan fingerprint density at radius 1 is 1.35 bits per heavy atom. The molecule has 0 aliphatic heterocycles. The SMILES string of the molecule is CNC(c1c(F)cccc1Br)C1CCc2cccnc21. The van der Waals surface area contributed by atoms with Crippen LogP contribution in [-0.2, 0) is 6.42 Å². The molecule has 0 spiro atoms. The minimum atomic E-state index is -0.178. The highest BCUT2D eigenvalue weighted by molar-refractivity contribution is 9.10. The van der Waals surface area contributed by atoms with Gasteiger partial charge in [0.1, 0.15) is 5.82 Å². The maximum absolute atomic E-state index is 14.2. The number of halogens is 2. The molecular weight excluding hydrogens is 319 g/mol. The zero-order chi connectivity index (χ0) is 14.1. The molecule has 0 amide bonds. The number of aryl methyl sites for hydroxylation is 1. The fourth-order valence-electron chi connectivity index (χ4n) is 3.12. The summed E-state index contributed by atoms with van der Waals surface area (Å²) in [6, 6.07) is 9.13. The summed E-state index contributed by atoms with van der Waals surface area (Å²) >= 11 is 3.48. The summed E-state index contributed by atoms with van der Waals surface area (Å²) in [5, 5.41) is 3.27. The highest BCUT2D eigenvalue weighted by Gasteiger charge is 2.33. The molecular formula is C16H16BrFN2. The normalized spacial score (nSPS) is 18.9. The van der Waals surface area contributed by atoms with Gasteiger partial charge in [-0.2, -0.15) is 0 Å². The van der Waals surface area contributed by atoms with Crippen LogP contribution in [0.15, 0.2) is 41.0 Å². The van der Waals surface area contributed by atoms with Gasteiger partial charge >= 0.3 is 0 Å². The molecule has 2 nitrogen and oxygen atoms in total. The van der Waals surface area contributed by atoms with E-state index in [4.69, 9.17) is 0 Å². The highest BCUT2D eigenvalue weighted by Crippen LogP contribution is 2.42. The van der Waals surface area contributed by atoms with Crippen LogP contribution in [0.1, 0.15) is 35.2 Å². The Morgan fingerprint density at radius 3 is 2.95 bits per heavy atom. The molecule has 1 aliphatic rings.